The quantitative estimate of drug-likeness (QED) is 0.122. The Morgan fingerprint density at radius 2 is 1.63 bits per heavy atom. The van der Waals surface area contributed by atoms with Gasteiger partial charge in [-0.2, -0.15) is 4.72 Å². The molecule has 232 valence electrons. The first kappa shape index (κ1) is 32.4. The molecule has 43 heavy (non-hydrogen) atoms. The Bertz CT molecular complexity index is 1450. The van der Waals surface area contributed by atoms with Crippen molar-refractivity contribution in [1.82, 2.24) is 4.72 Å². The van der Waals surface area contributed by atoms with E-state index >= 15 is 0 Å². The van der Waals surface area contributed by atoms with Crippen molar-refractivity contribution in [2.75, 3.05) is 18.5 Å². The van der Waals surface area contributed by atoms with Gasteiger partial charge in [-0.1, -0.05) is 61.9 Å². The normalized spacial score (nSPS) is 22.1. The lowest BCUT2D eigenvalue weighted by molar-refractivity contribution is -0.231. The highest BCUT2D eigenvalue weighted by atomic mass is 32.2. The number of para-hydroxylation sites is 1. The molecule has 0 saturated carbocycles. The van der Waals surface area contributed by atoms with E-state index < -0.39 is 58.1 Å². The fourth-order valence-corrected chi connectivity index (χ4v) is 5.69. The van der Waals surface area contributed by atoms with Gasteiger partial charge < -0.3 is 40.0 Å². The highest BCUT2D eigenvalue weighted by Crippen LogP contribution is 2.38. The van der Waals surface area contributed by atoms with Crippen molar-refractivity contribution in [3.05, 3.63) is 83.9 Å². The first-order valence-electron chi connectivity index (χ1n) is 13.8. The smallest absolute Gasteiger partial charge is 0.338 e. The fraction of sp³-hybridized carbons (Fsp3) is 0.367. The molecule has 12 nitrogen and oxygen atoms in total. The van der Waals surface area contributed by atoms with Crippen LogP contribution in [0.2, 0.25) is 0 Å². The first-order chi connectivity index (χ1) is 20.6. The molecule has 1 aliphatic rings. The van der Waals surface area contributed by atoms with Crippen LogP contribution >= 0.6 is 0 Å². The number of anilines is 1. The summed E-state index contributed by atoms with van der Waals surface area (Å²) in [5.74, 6) is -0.623. The summed E-state index contributed by atoms with van der Waals surface area (Å²) in [6.45, 7) is 1.62. The monoisotopic (exact) mass is 616 g/mol. The van der Waals surface area contributed by atoms with Gasteiger partial charge in [0.2, 0.25) is 10.0 Å². The zero-order valence-electron chi connectivity index (χ0n) is 23.5. The Labute approximate surface area is 249 Å². The fourth-order valence-electron chi connectivity index (χ4n) is 4.38. The second-order valence-corrected chi connectivity index (χ2v) is 11.7. The van der Waals surface area contributed by atoms with Gasteiger partial charge in [-0.15, -0.1) is 0 Å². The molecule has 4 rings (SSSR count). The highest BCUT2D eigenvalue weighted by molar-refractivity contribution is 7.89. The molecular formula is C30H36N2O10S. The first-order valence-corrected chi connectivity index (χ1v) is 15.3. The van der Waals surface area contributed by atoms with Crippen LogP contribution in [-0.4, -0.2) is 78.6 Å². The van der Waals surface area contributed by atoms with E-state index in [2.05, 4.69) is 10.0 Å². The molecule has 0 spiro atoms. The number of aliphatic hydroxyl groups is 4. The average molecular weight is 617 g/mol. The van der Waals surface area contributed by atoms with Crippen LogP contribution < -0.4 is 14.8 Å². The van der Waals surface area contributed by atoms with E-state index in [0.717, 1.165) is 24.5 Å². The van der Waals surface area contributed by atoms with Crippen LogP contribution in [0.25, 0.3) is 0 Å². The number of rotatable bonds is 13. The maximum Gasteiger partial charge on any atom is 0.338 e. The van der Waals surface area contributed by atoms with Gasteiger partial charge >= 0.3 is 5.97 Å². The minimum atomic E-state index is -4.67. The van der Waals surface area contributed by atoms with Crippen molar-refractivity contribution in [3.8, 4) is 11.5 Å². The van der Waals surface area contributed by atoms with Crippen LogP contribution in [0.15, 0.2) is 77.7 Å². The van der Waals surface area contributed by atoms with Crippen LogP contribution in [0.5, 0.6) is 11.5 Å². The second-order valence-electron chi connectivity index (χ2n) is 9.98. The van der Waals surface area contributed by atoms with Crippen LogP contribution in [0.3, 0.4) is 0 Å². The molecule has 0 aliphatic carbocycles. The van der Waals surface area contributed by atoms with Crippen molar-refractivity contribution in [2.24, 2.45) is 0 Å². The van der Waals surface area contributed by atoms with Crippen molar-refractivity contribution >= 4 is 21.7 Å². The SMILES string of the molecule is CCCCNc1cc(C(=O)OCc2ccccc2)cc(S(=O)(=O)NC2O[C@H](CO)[C@@H](O)[C@H](O)[C@H]2O)c1Oc1ccccc1. The maximum absolute atomic E-state index is 13.9. The van der Waals surface area contributed by atoms with Crippen molar-refractivity contribution in [2.45, 2.75) is 61.9 Å². The maximum atomic E-state index is 13.9. The lowest BCUT2D eigenvalue weighted by Gasteiger charge is -2.40. The molecule has 13 heteroatoms. The van der Waals surface area contributed by atoms with Gasteiger partial charge in [-0.05, 0) is 36.2 Å². The van der Waals surface area contributed by atoms with E-state index in [1.54, 1.807) is 54.6 Å². The third-order valence-corrected chi connectivity index (χ3v) is 8.19. The molecule has 1 saturated heterocycles. The number of carbonyl (C=O) groups is 1. The summed E-state index contributed by atoms with van der Waals surface area (Å²) in [6, 6.07) is 19.9. The van der Waals surface area contributed by atoms with Gasteiger partial charge in [0.15, 0.2) is 12.0 Å². The van der Waals surface area contributed by atoms with Crippen molar-refractivity contribution in [3.63, 3.8) is 0 Å². The number of nitrogens with one attached hydrogen (secondary N) is 2. The molecule has 0 bridgehead atoms. The number of aliphatic hydroxyl groups excluding tert-OH is 4. The van der Waals surface area contributed by atoms with Gasteiger partial charge in [-0.3, -0.25) is 0 Å². The number of sulfonamides is 1. The number of ether oxygens (including phenoxy) is 3. The molecule has 1 aliphatic heterocycles. The Morgan fingerprint density at radius 1 is 0.953 bits per heavy atom. The van der Waals surface area contributed by atoms with E-state index in [1.165, 1.54) is 6.07 Å². The molecular weight excluding hydrogens is 580 g/mol. The van der Waals surface area contributed by atoms with Gasteiger partial charge in [0.05, 0.1) is 17.9 Å². The predicted octanol–water partition coefficient (Wildman–Crippen LogP) is 2.13. The third kappa shape index (κ3) is 8.09. The number of carbonyl (C=O) groups excluding carboxylic acids is 1. The van der Waals surface area contributed by atoms with Crippen LogP contribution in [0, 0.1) is 0 Å². The molecule has 3 aromatic carbocycles. The van der Waals surface area contributed by atoms with Crippen molar-refractivity contribution < 1.29 is 47.8 Å². The van der Waals surface area contributed by atoms with Gasteiger partial charge in [0.1, 0.15) is 41.7 Å². The molecule has 3 aromatic rings. The largest absolute Gasteiger partial charge is 0.457 e. The van der Waals surface area contributed by atoms with E-state index in [0.29, 0.717) is 12.3 Å². The number of benzene rings is 3. The van der Waals surface area contributed by atoms with Crippen molar-refractivity contribution in [1.29, 1.82) is 0 Å². The van der Waals surface area contributed by atoms with E-state index in [-0.39, 0.29) is 23.6 Å². The standard InChI is InChI=1S/C30H36N2O10S/c1-2-3-14-31-22-15-20(30(37)40-18-19-10-6-4-7-11-19)16-24(28(22)41-21-12-8-5-9-13-21)43(38,39)32-29-27(36)26(35)25(34)23(17-33)42-29/h4-13,15-16,23,25-27,29,31-36H,2-3,14,17-18H2,1H3/t23-,25-,26+,27-,29?/m1/s1. The van der Waals surface area contributed by atoms with Crippen LogP contribution in [0.1, 0.15) is 35.7 Å². The molecule has 0 amide bonds. The summed E-state index contributed by atoms with van der Waals surface area (Å²) in [5.41, 5.74) is 0.837. The molecule has 6 N–H and O–H groups in total. The summed E-state index contributed by atoms with van der Waals surface area (Å²) in [5, 5.41) is 43.5. The molecule has 5 atom stereocenters. The Morgan fingerprint density at radius 3 is 2.28 bits per heavy atom. The minimum absolute atomic E-state index is 0.0499. The van der Waals surface area contributed by atoms with Crippen LogP contribution in [0.4, 0.5) is 5.69 Å². The highest BCUT2D eigenvalue weighted by Gasteiger charge is 2.45. The summed E-state index contributed by atoms with van der Waals surface area (Å²) in [7, 11) is -4.67. The predicted molar refractivity (Wildman–Crippen MR) is 156 cm³/mol. The number of hydrogen-bond donors (Lipinski definition) is 6. The lowest BCUT2D eigenvalue weighted by Crippen LogP contribution is -2.63. The molecule has 1 heterocycles. The Hall–Kier alpha value is -3.56. The molecule has 0 radical (unpaired) electrons. The van der Waals surface area contributed by atoms with Gasteiger partial charge in [0, 0.05) is 6.54 Å². The summed E-state index contributed by atoms with van der Waals surface area (Å²) in [4.78, 5) is 12.7. The van der Waals surface area contributed by atoms with E-state index in [1.807, 2.05) is 13.0 Å². The third-order valence-electron chi connectivity index (χ3n) is 6.77. The number of unbranched alkanes of at least 4 members (excludes halogenated alkanes) is 1. The average Bonchev–Trinajstić information content (AvgIpc) is 3.01. The topological polar surface area (TPSA) is 184 Å². The number of esters is 1. The molecule has 1 fully saturated rings. The van der Waals surface area contributed by atoms with E-state index in [9.17, 15) is 33.6 Å². The zero-order chi connectivity index (χ0) is 31.0. The number of hydrogen-bond acceptors (Lipinski definition) is 11. The summed E-state index contributed by atoms with van der Waals surface area (Å²) < 4.78 is 46.9. The Kier molecular flexibility index (Phi) is 11.1. The summed E-state index contributed by atoms with van der Waals surface area (Å²) >= 11 is 0. The zero-order valence-corrected chi connectivity index (χ0v) is 24.3. The Balaban J connectivity index is 1.76. The lowest BCUT2D eigenvalue weighted by atomic mass is 9.99. The van der Waals surface area contributed by atoms with Gasteiger partial charge in [0.25, 0.3) is 0 Å². The van der Waals surface area contributed by atoms with Crippen LogP contribution in [-0.2, 0) is 26.1 Å². The van der Waals surface area contributed by atoms with E-state index in [4.69, 9.17) is 14.2 Å². The second kappa shape index (κ2) is 14.8. The summed E-state index contributed by atoms with van der Waals surface area (Å²) in [6.07, 6.45) is -6.92. The molecule has 0 aromatic heterocycles. The minimum Gasteiger partial charge on any atom is -0.457 e. The van der Waals surface area contributed by atoms with Gasteiger partial charge in [-0.25, -0.2) is 13.2 Å². The molecule has 1 unspecified atom stereocenters.